The van der Waals surface area contributed by atoms with Crippen molar-refractivity contribution in [1.29, 1.82) is 0 Å². The lowest BCUT2D eigenvalue weighted by atomic mass is 10.3. The standard InChI is InChI=1S/C10H12FNO/c1-12-8-4-7(11)5-10(6-8)13-9-2-3-9/h4-6,9,12H,2-3H2,1H3. The predicted octanol–water partition coefficient (Wildman–Crippen LogP) is 2.41. The maximum absolute atomic E-state index is 13.0. The molecule has 0 aromatic heterocycles. The number of benzene rings is 1. The normalized spacial score (nSPS) is 15.5. The third-order valence-corrected chi connectivity index (χ3v) is 1.99. The van der Waals surface area contributed by atoms with Crippen LogP contribution in [0, 0.1) is 5.82 Å². The zero-order valence-electron chi connectivity index (χ0n) is 7.51. The van der Waals surface area contributed by atoms with E-state index in [2.05, 4.69) is 5.32 Å². The summed E-state index contributed by atoms with van der Waals surface area (Å²) in [6.07, 6.45) is 2.49. The lowest BCUT2D eigenvalue weighted by Crippen LogP contribution is -1.97. The highest BCUT2D eigenvalue weighted by molar-refractivity contribution is 5.48. The molecule has 0 heterocycles. The molecule has 3 heteroatoms. The van der Waals surface area contributed by atoms with Gasteiger partial charge in [-0.25, -0.2) is 4.39 Å². The van der Waals surface area contributed by atoms with E-state index in [9.17, 15) is 4.39 Å². The SMILES string of the molecule is CNc1cc(F)cc(OC2CC2)c1. The van der Waals surface area contributed by atoms with Crippen molar-refractivity contribution in [1.82, 2.24) is 0 Å². The summed E-state index contributed by atoms with van der Waals surface area (Å²) in [5.74, 6) is 0.356. The Hall–Kier alpha value is -1.25. The van der Waals surface area contributed by atoms with Crippen LogP contribution in [-0.2, 0) is 0 Å². The minimum absolute atomic E-state index is 0.262. The Morgan fingerprint density at radius 2 is 2.15 bits per heavy atom. The fourth-order valence-electron chi connectivity index (χ4n) is 1.15. The first-order chi connectivity index (χ1) is 6.28. The quantitative estimate of drug-likeness (QED) is 0.773. The number of rotatable bonds is 3. The van der Waals surface area contributed by atoms with Gasteiger partial charge in [0.05, 0.1) is 6.10 Å². The van der Waals surface area contributed by atoms with Crippen molar-refractivity contribution in [2.24, 2.45) is 0 Å². The number of halogens is 1. The van der Waals surface area contributed by atoms with Gasteiger partial charge in [-0.2, -0.15) is 0 Å². The first-order valence-corrected chi connectivity index (χ1v) is 4.43. The maximum atomic E-state index is 13.0. The third kappa shape index (κ3) is 2.11. The smallest absolute Gasteiger partial charge is 0.128 e. The van der Waals surface area contributed by atoms with Gasteiger partial charge in [0.15, 0.2) is 0 Å². The molecule has 0 saturated heterocycles. The molecule has 13 heavy (non-hydrogen) atoms. The van der Waals surface area contributed by atoms with Crippen LogP contribution < -0.4 is 10.1 Å². The summed E-state index contributed by atoms with van der Waals surface area (Å²) in [6, 6.07) is 4.67. The van der Waals surface area contributed by atoms with Crippen molar-refractivity contribution < 1.29 is 9.13 Å². The van der Waals surface area contributed by atoms with Crippen molar-refractivity contribution in [3.05, 3.63) is 24.0 Å². The minimum atomic E-state index is -0.262. The lowest BCUT2D eigenvalue weighted by Gasteiger charge is -2.06. The van der Waals surface area contributed by atoms with Crippen LogP contribution in [-0.4, -0.2) is 13.2 Å². The van der Waals surface area contributed by atoms with E-state index in [1.165, 1.54) is 12.1 Å². The molecule has 1 aromatic carbocycles. The molecule has 1 aliphatic rings. The van der Waals surface area contributed by atoms with Crippen LogP contribution >= 0.6 is 0 Å². The molecule has 1 saturated carbocycles. The van der Waals surface area contributed by atoms with Gasteiger partial charge in [-0.3, -0.25) is 0 Å². The van der Waals surface area contributed by atoms with E-state index in [1.54, 1.807) is 13.1 Å². The van der Waals surface area contributed by atoms with Crippen molar-refractivity contribution in [3.8, 4) is 5.75 Å². The molecule has 70 valence electrons. The van der Waals surface area contributed by atoms with Crippen LogP contribution in [0.1, 0.15) is 12.8 Å². The zero-order chi connectivity index (χ0) is 9.26. The Balaban J connectivity index is 2.17. The Labute approximate surface area is 76.7 Å². The van der Waals surface area contributed by atoms with Crippen LogP contribution in [0.3, 0.4) is 0 Å². The minimum Gasteiger partial charge on any atom is -0.490 e. The third-order valence-electron chi connectivity index (χ3n) is 1.99. The lowest BCUT2D eigenvalue weighted by molar-refractivity contribution is 0.302. The summed E-state index contributed by atoms with van der Waals surface area (Å²) < 4.78 is 18.4. The number of hydrogen-bond donors (Lipinski definition) is 1. The van der Waals surface area contributed by atoms with Gasteiger partial charge in [0.1, 0.15) is 11.6 Å². The fraction of sp³-hybridized carbons (Fsp3) is 0.400. The maximum Gasteiger partial charge on any atom is 0.128 e. The number of hydrogen-bond acceptors (Lipinski definition) is 2. The summed E-state index contributed by atoms with van der Waals surface area (Å²) in [7, 11) is 1.76. The highest BCUT2D eigenvalue weighted by Gasteiger charge is 2.23. The summed E-state index contributed by atoms with van der Waals surface area (Å²) in [5.41, 5.74) is 0.746. The molecule has 0 unspecified atom stereocenters. The molecule has 0 bridgehead atoms. The average molecular weight is 181 g/mol. The van der Waals surface area contributed by atoms with Crippen LogP contribution in [0.25, 0.3) is 0 Å². The zero-order valence-corrected chi connectivity index (χ0v) is 7.51. The van der Waals surface area contributed by atoms with Crippen LogP contribution in [0.2, 0.25) is 0 Å². The molecular weight excluding hydrogens is 169 g/mol. The van der Waals surface area contributed by atoms with Crippen molar-refractivity contribution >= 4 is 5.69 Å². The fourth-order valence-corrected chi connectivity index (χ4v) is 1.15. The molecular formula is C10H12FNO. The largest absolute Gasteiger partial charge is 0.490 e. The van der Waals surface area contributed by atoms with Crippen molar-refractivity contribution in [2.75, 3.05) is 12.4 Å². The van der Waals surface area contributed by atoms with Gasteiger partial charge in [-0.05, 0) is 18.9 Å². The van der Waals surface area contributed by atoms with E-state index in [-0.39, 0.29) is 5.82 Å². The highest BCUT2D eigenvalue weighted by Crippen LogP contribution is 2.28. The molecule has 1 N–H and O–H groups in total. The topological polar surface area (TPSA) is 21.3 Å². The van der Waals surface area contributed by atoms with Crippen LogP contribution in [0.5, 0.6) is 5.75 Å². The Morgan fingerprint density at radius 3 is 2.77 bits per heavy atom. The molecule has 2 nitrogen and oxygen atoms in total. The van der Waals surface area contributed by atoms with E-state index in [1.807, 2.05) is 0 Å². The van der Waals surface area contributed by atoms with Crippen LogP contribution in [0.15, 0.2) is 18.2 Å². The molecule has 0 spiro atoms. The van der Waals surface area contributed by atoms with Gasteiger partial charge in [-0.15, -0.1) is 0 Å². The van der Waals surface area contributed by atoms with Crippen LogP contribution in [0.4, 0.5) is 10.1 Å². The molecule has 2 rings (SSSR count). The summed E-state index contributed by atoms with van der Waals surface area (Å²) in [6.45, 7) is 0. The highest BCUT2D eigenvalue weighted by atomic mass is 19.1. The van der Waals surface area contributed by atoms with Gasteiger partial charge in [-0.1, -0.05) is 0 Å². The monoisotopic (exact) mass is 181 g/mol. The number of anilines is 1. The molecule has 1 aliphatic carbocycles. The van der Waals surface area contributed by atoms with Gasteiger partial charge in [0, 0.05) is 24.9 Å². The second kappa shape index (κ2) is 3.24. The average Bonchev–Trinajstić information content (AvgIpc) is 2.87. The van der Waals surface area contributed by atoms with E-state index in [0.717, 1.165) is 18.5 Å². The number of nitrogens with one attached hydrogen (secondary N) is 1. The molecule has 1 fully saturated rings. The van der Waals surface area contributed by atoms with Crippen molar-refractivity contribution in [3.63, 3.8) is 0 Å². The molecule has 0 aliphatic heterocycles. The second-order valence-corrected chi connectivity index (χ2v) is 3.24. The number of ether oxygens (including phenoxy) is 1. The van der Waals surface area contributed by atoms with Gasteiger partial charge in [0.25, 0.3) is 0 Å². The van der Waals surface area contributed by atoms with Gasteiger partial charge < -0.3 is 10.1 Å². The van der Waals surface area contributed by atoms with E-state index >= 15 is 0 Å². The molecule has 0 atom stereocenters. The van der Waals surface area contributed by atoms with E-state index in [4.69, 9.17) is 4.74 Å². The first kappa shape index (κ1) is 8.35. The summed E-state index contributed by atoms with van der Waals surface area (Å²) >= 11 is 0. The first-order valence-electron chi connectivity index (χ1n) is 4.43. The summed E-state index contributed by atoms with van der Waals surface area (Å²) in [5, 5.41) is 2.88. The van der Waals surface area contributed by atoms with Crippen molar-refractivity contribution in [2.45, 2.75) is 18.9 Å². The van der Waals surface area contributed by atoms with E-state index < -0.39 is 0 Å². The van der Waals surface area contributed by atoms with Gasteiger partial charge >= 0.3 is 0 Å². The Bertz CT molecular complexity index is 310. The Morgan fingerprint density at radius 1 is 1.38 bits per heavy atom. The Kier molecular flexibility index (Phi) is 2.08. The van der Waals surface area contributed by atoms with E-state index in [0.29, 0.717) is 11.9 Å². The summed E-state index contributed by atoms with van der Waals surface area (Å²) in [4.78, 5) is 0. The van der Waals surface area contributed by atoms with Gasteiger partial charge in [0.2, 0.25) is 0 Å². The molecule has 1 aromatic rings. The predicted molar refractivity (Wildman–Crippen MR) is 49.6 cm³/mol. The second-order valence-electron chi connectivity index (χ2n) is 3.24. The molecule has 0 amide bonds. The molecule has 0 radical (unpaired) electrons.